The molecule has 1 aromatic rings. The van der Waals surface area contributed by atoms with E-state index in [0.29, 0.717) is 5.56 Å². The number of nitrogens with one attached hydrogen (secondary N) is 2. The van der Waals surface area contributed by atoms with Gasteiger partial charge in [0, 0.05) is 24.4 Å². The van der Waals surface area contributed by atoms with Gasteiger partial charge in [0.15, 0.2) is 5.78 Å². The van der Waals surface area contributed by atoms with E-state index in [1.165, 1.54) is 24.0 Å². The molecule has 1 aliphatic rings. The lowest BCUT2D eigenvalue weighted by molar-refractivity contribution is -0.884. The van der Waals surface area contributed by atoms with Crippen molar-refractivity contribution in [2.45, 2.75) is 30.7 Å². The van der Waals surface area contributed by atoms with Gasteiger partial charge in [-0.05, 0) is 19.1 Å². The van der Waals surface area contributed by atoms with Gasteiger partial charge in [-0.1, -0.05) is 12.1 Å². The lowest BCUT2D eigenvalue weighted by atomic mass is 10.1. The predicted octanol–water partition coefficient (Wildman–Crippen LogP) is -0.155. The highest BCUT2D eigenvalue weighted by molar-refractivity contribution is 7.89. The van der Waals surface area contributed by atoms with E-state index in [1.54, 1.807) is 12.1 Å². The van der Waals surface area contributed by atoms with Gasteiger partial charge in [-0.25, -0.2) is 13.1 Å². The Labute approximate surface area is 120 Å². The number of carbonyl (C=O) groups excluding carboxylic acids is 1. The Bertz CT molecular complexity index is 573. The van der Waals surface area contributed by atoms with Gasteiger partial charge < -0.3 is 4.90 Å². The molecule has 0 aromatic heterocycles. The first kappa shape index (κ1) is 15.2. The highest BCUT2D eigenvalue weighted by atomic mass is 32.2. The second-order valence-corrected chi connectivity index (χ2v) is 7.15. The van der Waals surface area contributed by atoms with Crippen LogP contribution in [0.1, 0.15) is 30.1 Å². The summed E-state index contributed by atoms with van der Waals surface area (Å²) in [4.78, 5) is 12.8. The van der Waals surface area contributed by atoms with Crippen LogP contribution in [-0.4, -0.2) is 40.4 Å². The Hall–Kier alpha value is -1.24. The lowest BCUT2D eigenvalue weighted by Crippen LogP contribution is -3.10. The van der Waals surface area contributed by atoms with Crippen LogP contribution in [0.3, 0.4) is 0 Å². The van der Waals surface area contributed by atoms with E-state index in [0.717, 1.165) is 25.9 Å². The second kappa shape index (κ2) is 6.03. The van der Waals surface area contributed by atoms with Crippen LogP contribution in [0.25, 0.3) is 0 Å². The Morgan fingerprint density at radius 1 is 1.20 bits per heavy atom. The summed E-state index contributed by atoms with van der Waals surface area (Å²) in [5.74, 6) is -0.0693. The minimum Gasteiger partial charge on any atom is -0.337 e. The third-order valence-corrected chi connectivity index (χ3v) is 5.27. The summed E-state index contributed by atoms with van der Waals surface area (Å²) in [5.41, 5.74) is 0.520. The highest BCUT2D eigenvalue weighted by Crippen LogP contribution is 2.13. The lowest BCUT2D eigenvalue weighted by Gasteiger charge is -2.26. The number of hydrogen-bond donors (Lipinski definition) is 2. The highest BCUT2D eigenvalue weighted by Gasteiger charge is 2.25. The summed E-state index contributed by atoms with van der Waals surface area (Å²) in [7, 11) is -1.37. The fourth-order valence-corrected chi connectivity index (χ4v) is 3.69. The molecule has 1 heterocycles. The molecule has 0 unspecified atom stereocenters. The molecule has 1 aromatic carbocycles. The van der Waals surface area contributed by atoms with E-state index < -0.39 is 10.0 Å². The Balaban J connectivity index is 2.08. The standard InChI is InChI=1S/C14H20N2O3S/c1-11(17)12-3-5-14(6-4-12)20(18,19)15-13-7-9-16(2)10-8-13/h3-6,13,15H,7-10H2,1-2H3/p+1. The van der Waals surface area contributed by atoms with Crippen molar-refractivity contribution in [2.24, 2.45) is 0 Å². The van der Waals surface area contributed by atoms with Crippen molar-refractivity contribution >= 4 is 15.8 Å². The van der Waals surface area contributed by atoms with Crippen molar-refractivity contribution in [2.75, 3.05) is 20.1 Å². The van der Waals surface area contributed by atoms with Gasteiger partial charge in [-0.15, -0.1) is 0 Å². The van der Waals surface area contributed by atoms with Gasteiger partial charge in [0.2, 0.25) is 10.0 Å². The number of Topliss-reactive ketones (excluding diaryl/α,β-unsaturated/α-hetero) is 1. The minimum absolute atomic E-state index is 0.0104. The quantitative estimate of drug-likeness (QED) is 0.759. The Morgan fingerprint density at radius 2 is 1.75 bits per heavy atom. The largest absolute Gasteiger partial charge is 0.337 e. The number of benzene rings is 1. The number of sulfonamides is 1. The van der Waals surface area contributed by atoms with E-state index in [2.05, 4.69) is 11.8 Å². The summed E-state index contributed by atoms with van der Waals surface area (Å²) in [6, 6.07) is 6.08. The number of ketones is 1. The Kier molecular flexibility index (Phi) is 4.57. The molecule has 6 heteroatoms. The van der Waals surface area contributed by atoms with E-state index in [9.17, 15) is 13.2 Å². The van der Waals surface area contributed by atoms with Gasteiger partial charge in [-0.2, -0.15) is 0 Å². The zero-order chi connectivity index (χ0) is 14.8. The van der Waals surface area contributed by atoms with Gasteiger partial charge in [0.1, 0.15) is 0 Å². The number of rotatable bonds is 4. The molecule has 1 saturated heterocycles. The summed E-state index contributed by atoms with van der Waals surface area (Å²) < 4.78 is 27.3. The molecule has 0 amide bonds. The zero-order valence-electron chi connectivity index (χ0n) is 11.8. The van der Waals surface area contributed by atoms with Crippen molar-refractivity contribution in [1.82, 2.24) is 4.72 Å². The molecule has 0 radical (unpaired) electrons. The van der Waals surface area contributed by atoms with Crippen molar-refractivity contribution in [3.05, 3.63) is 29.8 Å². The van der Waals surface area contributed by atoms with Crippen LogP contribution in [0.4, 0.5) is 0 Å². The molecule has 1 aliphatic heterocycles. The maximum absolute atomic E-state index is 12.3. The van der Waals surface area contributed by atoms with Crippen LogP contribution < -0.4 is 9.62 Å². The summed E-state index contributed by atoms with van der Waals surface area (Å²) >= 11 is 0. The summed E-state index contributed by atoms with van der Waals surface area (Å²) in [6.45, 7) is 3.43. The molecule has 5 nitrogen and oxygen atoms in total. The Morgan fingerprint density at radius 3 is 2.25 bits per heavy atom. The molecule has 2 rings (SSSR count). The van der Waals surface area contributed by atoms with Gasteiger partial charge >= 0.3 is 0 Å². The molecule has 0 atom stereocenters. The zero-order valence-corrected chi connectivity index (χ0v) is 12.7. The molecule has 0 saturated carbocycles. The third-order valence-electron chi connectivity index (χ3n) is 3.73. The minimum atomic E-state index is -3.49. The topological polar surface area (TPSA) is 67.7 Å². The second-order valence-electron chi connectivity index (χ2n) is 5.43. The fourth-order valence-electron chi connectivity index (χ4n) is 2.38. The van der Waals surface area contributed by atoms with Crippen molar-refractivity contribution in [3.8, 4) is 0 Å². The normalized spacial score (nSPS) is 23.5. The molecular formula is C14H21N2O3S+. The molecule has 110 valence electrons. The third kappa shape index (κ3) is 3.65. The number of quaternary nitrogens is 1. The maximum Gasteiger partial charge on any atom is 0.240 e. The molecule has 1 fully saturated rings. The van der Waals surface area contributed by atoms with E-state index in [1.807, 2.05) is 0 Å². The summed E-state index contributed by atoms with van der Waals surface area (Å²) in [5, 5.41) is 0. The van der Waals surface area contributed by atoms with E-state index in [-0.39, 0.29) is 16.7 Å². The molecule has 20 heavy (non-hydrogen) atoms. The average Bonchev–Trinajstić information content (AvgIpc) is 2.41. The van der Waals surface area contributed by atoms with Crippen LogP contribution in [0.15, 0.2) is 29.2 Å². The molecule has 0 bridgehead atoms. The maximum atomic E-state index is 12.3. The van der Waals surface area contributed by atoms with Gasteiger partial charge in [-0.3, -0.25) is 4.79 Å². The number of likely N-dealkylation sites (tertiary alicyclic amines) is 1. The number of carbonyl (C=O) groups is 1. The monoisotopic (exact) mass is 297 g/mol. The van der Waals surface area contributed by atoms with Gasteiger partial charge in [0.25, 0.3) is 0 Å². The van der Waals surface area contributed by atoms with Crippen molar-refractivity contribution in [1.29, 1.82) is 0 Å². The van der Waals surface area contributed by atoms with Crippen molar-refractivity contribution < 1.29 is 18.1 Å². The molecule has 0 aliphatic carbocycles. The van der Waals surface area contributed by atoms with Crippen LogP contribution in [0, 0.1) is 0 Å². The van der Waals surface area contributed by atoms with Crippen LogP contribution >= 0.6 is 0 Å². The number of piperidine rings is 1. The fraction of sp³-hybridized carbons (Fsp3) is 0.500. The molecular weight excluding hydrogens is 276 g/mol. The smallest absolute Gasteiger partial charge is 0.240 e. The molecule has 2 N–H and O–H groups in total. The van der Waals surface area contributed by atoms with Crippen LogP contribution in [0.5, 0.6) is 0 Å². The van der Waals surface area contributed by atoms with Crippen LogP contribution in [-0.2, 0) is 10.0 Å². The first-order valence-electron chi connectivity index (χ1n) is 6.83. The SMILES string of the molecule is CC(=O)c1ccc(S(=O)(=O)NC2CC[NH+](C)CC2)cc1. The molecule has 0 spiro atoms. The summed E-state index contributed by atoms with van der Waals surface area (Å²) in [6.07, 6.45) is 1.72. The predicted molar refractivity (Wildman–Crippen MR) is 76.4 cm³/mol. The van der Waals surface area contributed by atoms with E-state index >= 15 is 0 Å². The average molecular weight is 297 g/mol. The first-order valence-corrected chi connectivity index (χ1v) is 8.31. The first-order chi connectivity index (χ1) is 9.38. The number of hydrogen-bond acceptors (Lipinski definition) is 3. The van der Waals surface area contributed by atoms with Crippen molar-refractivity contribution in [3.63, 3.8) is 0 Å². The van der Waals surface area contributed by atoms with Crippen LogP contribution in [0.2, 0.25) is 0 Å². The van der Waals surface area contributed by atoms with E-state index in [4.69, 9.17) is 0 Å². The van der Waals surface area contributed by atoms with Gasteiger partial charge in [0.05, 0.1) is 25.0 Å².